The lowest BCUT2D eigenvalue weighted by Gasteiger charge is -2.36. The molecule has 1 aliphatic rings. The topological polar surface area (TPSA) is 140 Å². The number of hydrogen-bond donors (Lipinski definition) is 4. The number of nitrogens with two attached hydrogens (primary N) is 1. The summed E-state index contributed by atoms with van der Waals surface area (Å²) in [7, 11) is -3.53. The molecule has 0 radical (unpaired) electrons. The first-order valence-corrected chi connectivity index (χ1v) is 10.3. The minimum absolute atomic E-state index is 0.0245. The first kappa shape index (κ1) is 19.9. The summed E-state index contributed by atoms with van der Waals surface area (Å²) in [4.78, 5) is 14.8. The number of rotatable bonds is 6. The van der Waals surface area contributed by atoms with Crippen LogP contribution in [0.25, 0.3) is 0 Å². The van der Waals surface area contributed by atoms with Gasteiger partial charge in [-0.05, 0) is 38.3 Å². The molecule has 1 aliphatic heterocycles. The first-order chi connectivity index (χ1) is 12.1. The zero-order valence-corrected chi connectivity index (χ0v) is 15.8. The van der Waals surface area contributed by atoms with Gasteiger partial charge in [-0.2, -0.15) is 0 Å². The maximum absolute atomic E-state index is 13.2. The predicted octanol–water partition coefficient (Wildman–Crippen LogP) is 1.71. The molecule has 0 spiro atoms. The van der Waals surface area contributed by atoms with Gasteiger partial charge in [0.1, 0.15) is 0 Å². The van der Waals surface area contributed by atoms with E-state index in [9.17, 15) is 13.2 Å². The molecule has 0 aromatic heterocycles. The molecule has 142 valence electrons. The average molecular weight is 379 g/mol. The number of nitrogens with zero attached hydrogens (tertiary/aromatic N) is 1. The molecule has 9 heteroatoms. The predicted molar refractivity (Wildman–Crippen MR) is 103 cm³/mol. The Kier molecular flexibility index (Phi) is 6.01. The van der Waals surface area contributed by atoms with Gasteiger partial charge in [0, 0.05) is 18.7 Å². The Balaban J connectivity index is 2.37. The van der Waals surface area contributed by atoms with E-state index in [1.54, 1.807) is 23.1 Å². The number of nitrogens with one attached hydrogen (secondary N) is 3. The first-order valence-electron chi connectivity index (χ1n) is 8.38. The van der Waals surface area contributed by atoms with Gasteiger partial charge in [0.25, 0.3) is 5.91 Å². The zero-order chi connectivity index (χ0) is 19.5. The van der Waals surface area contributed by atoms with E-state index in [0.717, 1.165) is 24.7 Å². The fourth-order valence-corrected chi connectivity index (χ4v) is 3.72. The molecule has 1 unspecified atom stereocenters. The molecule has 8 nitrogen and oxygen atoms in total. The van der Waals surface area contributed by atoms with Crippen LogP contribution in [-0.4, -0.2) is 49.6 Å². The molecule has 1 aromatic carbocycles. The lowest BCUT2D eigenvalue weighted by Crippen LogP contribution is -2.48. The van der Waals surface area contributed by atoms with Crippen molar-refractivity contribution in [2.75, 3.05) is 17.5 Å². The molecular formula is C17H25N5O3S. The van der Waals surface area contributed by atoms with E-state index in [1.165, 1.54) is 0 Å². The number of benzene rings is 1. The number of anilines is 1. The van der Waals surface area contributed by atoms with Gasteiger partial charge < -0.3 is 16.0 Å². The SMILES string of the molecule is Cc1ccc(NS(C)(=O)=O)c(C(=O)N2CCCCC2C(=N)CC(=N)N)c1. The Morgan fingerprint density at radius 2 is 2.04 bits per heavy atom. The number of amidine groups is 1. The van der Waals surface area contributed by atoms with Gasteiger partial charge in [-0.15, -0.1) is 0 Å². The summed E-state index contributed by atoms with van der Waals surface area (Å²) in [6, 6.07) is 4.53. The van der Waals surface area contributed by atoms with Crippen LogP contribution in [-0.2, 0) is 10.0 Å². The molecule has 26 heavy (non-hydrogen) atoms. The minimum Gasteiger partial charge on any atom is -0.387 e. The number of carbonyl (C=O) groups excluding carboxylic acids is 1. The standard InChI is InChI=1S/C17H25N5O3S/c1-11-6-7-14(21-26(2,24)25)12(9-11)17(23)22-8-4-3-5-15(22)13(18)10-16(19)20/h6-7,9,15,18,21H,3-5,8,10H2,1-2H3,(H3,19,20). The Morgan fingerprint density at radius 1 is 1.35 bits per heavy atom. The summed E-state index contributed by atoms with van der Waals surface area (Å²) in [5, 5.41) is 15.6. The average Bonchev–Trinajstić information content (AvgIpc) is 2.54. The van der Waals surface area contributed by atoms with Crippen LogP contribution < -0.4 is 10.5 Å². The van der Waals surface area contributed by atoms with Gasteiger partial charge in [-0.1, -0.05) is 11.6 Å². The van der Waals surface area contributed by atoms with Crippen molar-refractivity contribution < 1.29 is 13.2 Å². The van der Waals surface area contributed by atoms with E-state index in [0.29, 0.717) is 13.0 Å². The van der Waals surface area contributed by atoms with E-state index in [-0.39, 0.29) is 35.1 Å². The highest BCUT2D eigenvalue weighted by atomic mass is 32.2. The van der Waals surface area contributed by atoms with Gasteiger partial charge in [-0.25, -0.2) is 8.42 Å². The quantitative estimate of drug-likeness (QED) is 0.441. The number of aryl methyl sites for hydroxylation is 1. The van der Waals surface area contributed by atoms with Crippen molar-refractivity contribution in [3.05, 3.63) is 29.3 Å². The van der Waals surface area contributed by atoms with Gasteiger partial charge in [0.05, 0.1) is 29.4 Å². The Morgan fingerprint density at radius 3 is 2.65 bits per heavy atom. The smallest absolute Gasteiger partial charge is 0.256 e. The number of sulfonamides is 1. The van der Waals surface area contributed by atoms with Crippen LogP contribution in [0.3, 0.4) is 0 Å². The van der Waals surface area contributed by atoms with Crippen LogP contribution in [0.15, 0.2) is 18.2 Å². The lowest BCUT2D eigenvalue weighted by molar-refractivity contribution is 0.0679. The molecule has 1 atom stereocenters. The third-order valence-electron chi connectivity index (χ3n) is 4.25. The second kappa shape index (κ2) is 7.86. The van der Waals surface area contributed by atoms with Crippen LogP contribution in [0.2, 0.25) is 0 Å². The summed E-state index contributed by atoms with van der Waals surface area (Å²) in [6.07, 6.45) is 3.40. The summed E-state index contributed by atoms with van der Waals surface area (Å²) in [5.74, 6) is -0.430. The summed E-state index contributed by atoms with van der Waals surface area (Å²) in [6.45, 7) is 2.31. The molecule has 2 rings (SSSR count). The highest BCUT2D eigenvalue weighted by molar-refractivity contribution is 7.92. The van der Waals surface area contributed by atoms with Crippen LogP contribution in [0.5, 0.6) is 0 Å². The minimum atomic E-state index is -3.53. The van der Waals surface area contributed by atoms with Crippen LogP contribution in [0.4, 0.5) is 5.69 Å². The van der Waals surface area contributed by atoms with Gasteiger partial charge in [0.2, 0.25) is 10.0 Å². The van der Waals surface area contributed by atoms with Crippen LogP contribution in [0, 0.1) is 17.7 Å². The molecule has 1 amide bonds. The third-order valence-corrected chi connectivity index (χ3v) is 4.84. The normalized spacial score (nSPS) is 17.6. The van der Waals surface area contributed by atoms with E-state index < -0.39 is 16.1 Å². The van der Waals surface area contributed by atoms with Crippen molar-refractivity contribution in [3.63, 3.8) is 0 Å². The van der Waals surface area contributed by atoms with Gasteiger partial charge in [0.15, 0.2) is 0 Å². The van der Waals surface area contributed by atoms with Crippen LogP contribution >= 0.6 is 0 Å². The third kappa shape index (κ3) is 5.04. The maximum Gasteiger partial charge on any atom is 0.256 e. The molecule has 5 N–H and O–H groups in total. The van der Waals surface area contributed by atoms with E-state index in [1.807, 2.05) is 6.92 Å². The fourth-order valence-electron chi connectivity index (χ4n) is 3.14. The Labute approximate surface area is 153 Å². The highest BCUT2D eigenvalue weighted by Gasteiger charge is 2.31. The largest absolute Gasteiger partial charge is 0.387 e. The van der Waals surface area contributed by atoms with Gasteiger partial charge in [-0.3, -0.25) is 14.9 Å². The maximum atomic E-state index is 13.2. The molecule has 1 saturated heterocycles. The molecule has 0 saturated carbocycles. The highest BCUT2D eigenvalue weighted by Crippen LogP contribution is 2.26. The number of carbonyl (C=O) groups is 1. The molecule has 1 aromatic rings. The van der Waals surface area contributed by atoms with Crippen molar-refractivity contribution in [1.29, 1.82) is 10.8 Å². The molecule has 1 fully saturated rings. The van der Waals surface area contributed by atoms with Crippen molar-refractivity contribution >= 4 is 33.2 Å². The van der Waals surface area contributed by atoms with Crippen molar-refractivity contribution in [3.8, 4) is 0 Å². The van der Waals surface area contributed by atoms with E-state index in [2.05, 4.69) is 4.72 Å². The molecule has 0 aliphatic carbocycles. The fraction of sp³-hybridized carbons (Fsp3) is 0.471. The molecular weight excluding hydrogens is 354 g/mol. The van der Waals surface area contributed by atoms with Crippen molar-refractivity contribution in [1.82, 2.24) is 4.90 Å². The second-order valence-electron chi connectivity index (χ2n) is 6.66. The zero-order valence-electron chi connectivity index (χ0n) is 15.0. The Hall–Kier alpha value is -2.42. The second-order valence-corrected chi connectivity index (χ2v) is 8.41. The Bertz CT molecular complexity index is 835. The van der Waals surface area contributed by atoms with Crippen molar-refractivity contribution in [2.45, 2.75) is 38.6 Å². The monoisotopic (exact) mass is 379 g/mol. The summed E-state index contributed by atoms with van der Waals surface area (Å²) in [5.41, 5.74) is 6.96. The molecule has 0 bridgehead atoms. The molecule has 1 heterocycles. The summed E-state index contributed by atoms with van der Waals surface area (Å²) >= 11 is 0. The number of likely N-dealkylation sites (tertiary alicyclic amines) is 1. The van der Waals surface area contributed by atoms with E-state index >= 15 is 0 Å². The number of hydrogen-bond acceptors (Lipinski definition) is 5. The van der Waals surface area contributed by atoms with E-state index in [4.69, 9.17) is 16.6 Å². The number of amides is 1. The van der Waals surface area contributed by atoms with Crippen LogP contribution in [0.1, 0.15) is 41.6 Å². The van der Waals surface area contributed by atoms with Crippen molar-refractivity contribution in [2.24, 2.45) is 5.73 Å². The van der Waals surface area contributed by atoms with Gasteiger partial charge >= 0.3 is 0 Å². The summed E-state index contributed by atoms with van der Waals surface area (Å²) < 4.78 is 25.6. The number of piperidine rings is 1. The lowest BCUT2D eigenvalue weighted by atomic mass is 9.94.